The van der Waals surface area contributed by atoms with Crippen LogP contribution in [0.25, 0.3) is 0 Å². The Morgan fingerprint density at radius 2 is 1.97 bits per heavy atom. The second kappa shape index (κ2) is 10.4. The van der Waals surface area contributed by atoms with E-state index in [1.165, 1.54) is 31.2 Å². The maximum absolute atomic E-state index is 13.0. The highest BCUT2D eigenvalue weighted by Gasteiger charge is 2.22. The Kier molecular flexibility index (Phi) is 7.36. The Morgan fingerprint density at radius 3 is 2.63 bits per heavy atom. The SMILES string of the molecule is CS(=O)(=O)Oc1cc(Nc2ncc(C(N)=O)c(NCCC3CC3)n2)cc(C(=O)N2CCOCC2)c1. The predicted molar refractivity (Wildman–Crippen MR) is 128 cm³/mol. The third-order valence-electron chi connectivity index (χ3n) is 5.55. The number of morpholine rings is 1. The number of nitrogens with one attached hydrogen (secondary N) is 2. The molecule has 4 N–H and O–H groups in total. The molecule has 0 spiro atoms. The second-order valence-corrected chi connectivity index (χ2v) is 10.1. The minimum Gasteiger partial charge on any atom is -0.383 e. The van der Waals surface area contributed by atoms with Crippen molar-refractivity contribution in [1.29, 1.82) is 0 Å². The number of hydrogen-bond acceptors (Lipinski definition) is 10. The molecular weight excluding hydrogens is 476 g/mol. The summed E-state index contributed by atoms with van der Waals surface area (Å²) in [5, 5.41) is 6.10. The van der Waals surface area contributed by atoms with Crippen molar-refractivity contribution < 1.29 is 26.9 Å². The molecule has 0 unspecified atom stereocenters. The average Bonchev–Trinajstić information content (AvgIpc) is 3.62. The van der Waals surface area contributed by atoms with Gasteiger partial charge in [0.25, 0.3) is 11.8 Å². The van der Waals surface area contributed by atoms with Crippen molar-refractivity contribution in [3.63, 3.8) is 0 Å². The lowest BCUT2D eigenvalue weighted by atomic mass is 10.1. The number of primary amides is 1. The largest absolute Gasteiger partial charge is 0.383 e. The van der Waals surface area contributed by atoms with E-state index in [4.69, 9.17) is 14.7 Å². The number of ether oxygens (including phenoxy) is 1. The molecule has 2 heterocycles. The number of nitrogens with zero attached hydrogens (tertiary/aromatic N) is 3. The Labute approximate surface area is 203 Å². The van der Waals surface area contributed by atoms with Gasteiger partial charge in [0.1, 0.15) is 11.6 Å². The van der Waals surface area contributed by atoms with Gasteiger partial charge >= 0.3 is 10.1 Å². The van der Waals surface area contributed by atoms with E-state index in [9.17, 15) is 18.0 Å². The summed E-state index contributed by atoms with van der Waals surface area (Å²) in [7, 11) is -3.83. The molecule has 1 aliphatic heterocycles. The zero-order valence-corrected chi connectivity index (χ0v) is 20.1. The van der Waals surface area contributed by atoms with E-state index in [1.807, 2.05) is 0 Å². The number of anilines is 3. The van der Waals surface area contributed by atoms with Crippen molar-refractivity contribution in [2.45, 2.75) is 19.3 Å². The molecule has 0 atom stereocenters. The molecule has 0 bridgehead atoms. The van der Waals surface area contributed by atoms with Crippen LogP contribution in [0.5, 0.6) is 5.75 Å². The number of amides is 2. The van der Waals surface area contributed by atoms with Crippen LogP contribution in [0.15, 0.2) is 24.4 Å². The maximum Gasteiger partial charge on any atom is 0.306 e. The molecule has 2 amide bonds. The fourth-order valence-electron chi connectivity index (χ4n) is 3.65. The first kappa shape index (κ1) is 24.7. The van der Waals surface area contributed by atoms with Crippen molar-refractivity contribution in [2.24, 2.45) is 11.7 Å². The lowest BCUT2D eigenvalue weighted by molar-refractivity contribution is 0.0303. The van der Waals surface area contributed by atoms with Gasteiger partial charge in [0.15, 0.2) is 0 Å². The Morgan fingerprint density at radius 1 is 1.23 bits per heavy atom. The molecule has 2 fully saturated rings. The number of carbonyl (C=O) groups is 2. The van der Waals surface area contributed by atoms with Crippen molar-refractivity contribution in [3.8, 4) is 5.75 Å². The number of rotatable bonds is 10. The molecule has 4 rings (SSSR count). The summed E-state index contributed by atoms with van der Waals surface area (Å²) >= 11 is 0. The second-order valence-electron chi connectivity index (χ2n) is 8.54. The van der Waals surface area contributed by atoms with Gasteiger partial charge in [0.05, 0.1) is 25.0 Å². The predicted octanol–water partition coefficient (Wildman–Crippen LogP) is 1.34. The molecule has 2 aromatic rings. The maximum atomic E-state index is 13.0. The van der Waals surface area contributed by atoms with Gasteiger partial charge in [-0.3, -0.25) is 9.59 Å². The van der Waals surface area contributed by atoms with Gasteiger partial charge in [-0.25, -0.2) is 4.98 Å². The summed E-state index contributed by atoms with van der Waals surface area (Å²) < 4.78 is 33.8. The van der Waals surface area contributed by atoms with Crippen molar-refractivity contribution in [3.05, 3.63) is 35.5 Å². The minimum atomic E-state index is -3.83. The van der Waals surface area contributed by atoms with E-state index in [0.717, 1.165) is 12.7 Å². The van der Waals surface area contributed by atoms with Gasteiger partial charge in [-0.05, 0) is 24.5 Å². The molecule has 35 heavy (non-hydrogen) atoms. The van der Waals surface area contributed by atoms with Crippen molar-refractivity contribution in [1.82, 2.24) is 14.9 Å². The molecule has 1 saturated carbocycles. The molecule has 1 saturated heterocycles. The number of benzene rings is 1. The summed E-state index contributed by atoms with van der Waals surface area (Å²) in [6.07, 6.45) is 5.61. The monoisotopic (exact) mass is 504 g/mol. The van der Waals surface area contributed by atoms with E-state index < -0.39 is 16.0 Å². The molecule has 1 aliphatic carbocycles. The molecule has 12 nitrogen and oxygen atoms in total. The number of nitrogens with two attached hydrogens (primary N) is 1. The summed E-state index contributed by atoms with van der Waals surface area (Å²) in [5.74, 6) is 0.133. The van der Waals surface area contributed by atoms with Crippen molar-refractivity contribution >= 4 is 39.4 Å². The van der Waals surface area contributed by atoms with E-state index in [-0.39, 0.29) is 28.7 Å². The highest BCUT2D eigenvalue weighted by Crippen LogP contribution is 2.32. The molecule has 0 radical (unpaired) electrons. The van der Waals surface area contributed by atoms with Crippen LogP contribution in [0.3, 0.4) is 0 Å². The Hall–Kier alpha value is -3.45. The van der Waals surface area contributed by atoms with Crippen LogP contribution in [0.2, 0.25) is 0 Å². The molecule has 1 aromatic heterocycles. The van der Waals surface area contributed by atoms with E-state index in [2.05, 4.69) is 20.6 Å². The molecule has 13 heteroatoms. The summed E-state index contributed by atoms with van der Waals surface area (Å²) in [4.78, 5) is 35.0. The zero-order chi connectivity index (χ0) is 25.0. The Bertz CT molecular complexity index is 1210. The van der Waals surface area contributed by atoms with Gasteiger partial charge in [-0.2, -0.15) is 13.4 Å². The molecule has 188 valence electrons. The summed E-state index contributed by atoms with van der Waals surface area (Å²) in [6.45, 7) is 2.33. The van der Waals surface area contributed by atoms with Gasteiger partial charge in [-0.15, -0.1) is 0 Å². The first-order valence-corrected chi connectivity index (χ1v) is 13.1. The van der Waals surface area contributed by atoms with E-state index in [0.29, 0.717) is 50.3 Å². The van der Waals surface area contributed by atoms with Crippen LogP contribution in [0.1, 0.15) is 40.0 Å². The number of hydrogen-bond donors (Lipinski definition) is 3. The Balaban J connectivity index is 1.60. The van der Waals surface area contributed by atoms with Gasteiger partial charge in [0.2, 0.25) is 5.95 Å². The third-order valence-corrected chi connectivity index (χ3v) is 6.05. The summed E-state index contributed by atoms with van der Waals surface area (Å²) in [6, 6.07) is 4.34. The van der Waals surface area contributed by atoms with Gasteiger partial charge in [-0.1, -0.05) is 12.8 Å². The van der Waals surface area contributed by atoms with Crippen LogP contribution in [-0.2, 0) is 14.9 Å². The average molecular weight is 505 g/mol. The van der Waals surface area contributed by atoms with Crippen LogP contribution in [0.4, 0.5) is 17.5 Å². The minimum absolute atomic E-state index is 0.0364. The normalized spacial score (nSPS) is 16.0. The van der Waals surface area contributed by atoms with Crippen LogP contribution >= 0.6 is 0 Å². The standard InChI is InChI=1S/C22H28N6O6S/c1-35(31,32)34-17-11-15(21(30)28-6-8-33-9-7-28)10-16(12-17)26-22-25-13-18(19(23)29)20(27-22)24-5-4-14-2-3-14/h10-14H,2-9H2,1H3,(H2,23,29)(H2,24,25,26,27). The zero-order valence-electron chi connectivity index (χ0n) is 19.3. The quantitative estimate of drug-likeness (QED) is 0.402. The van der Waals surface area contributed by atoms with Crippen molar-refractivity contribution in [2.75, 3.05) is 49.7 Å². The highest BCUT2D eigenvalue weighted by molar-refractivity contribution is 7.86. The molecule has 2 aliphatic rings. The van der Waals surface area contributed by atoms with E-state index in [1.54, 1.807) is 11.0 Å². The topological polar surface area (TPSA) is 166 Å². The van der Waals surface area contributed by atoms with Crippen LogP contribution < -0.4 is 20.6 Å². The summed E-state index contributed by atoms with van der Waals surface area (Å²) in [5.41, 5.74) is 6.18. The fourth-order valence-corrected chi connectivity index (χ4v) is 4.10. The lowest BCUT2D eigenvalue weighted by Crippen LogP contribution is -2.40. The smallest absolute Gasteiger partial charge is 0.306 e. The first-order chi connectivity index (χ1) is 16.7. The number of carbonyl (C=O) groups excluding carboxylic acids is 2. The fraction of sp³-hybridized carbons (Fsp3) is 0.455. The van der Waals surface area contributed by atoms with Gasteiger partial charge < -0.3 is 30.2 Å². The van der Waals surface area contributed by atoms with Gasteiger partial charge in [0, 0.05) is 43.1 Å². The molecule has 1 aromatic carbocycles. The molecular formula is C22H28N6O6S. The van der Waals surface area contributed by atoms with E-state index >= 15 is 0 Å². The number of aromatic nitrogens is 2. The van der Waals surface area contributed by atoms with Crippen LogP contribution in [-0.4, -0.2) is 74.2 Å². The lowest BCUT2D eigenvalue weighted by Gasteiger charge is -2.27. The van der Waals surface area contributed by atoms with Crippen LogP contribution in [0, 0.1) is 5.92 Å². The third kappa shape index (κ3) is 7.02. The first-order valence-electron chi connectivity index (χ1n) is 11.3. The highest BCUT2D eigenvalue weighted by atomic mass is 32.2.